The molecule has 0 fully saturated rings. The van der Waals surface area contributed by atoms with Crippen LogP contribution >= 0.6 is 11.6 Å². The van der Waals surface area contributed by atoms with Gasteiger partial charge < -0.3 is 5.73 Å². The van der Waals surface area contributed by atoms with Gasteiger partial charge in [-0.3, -0.25) is 4.98 Å². The third-order valence-corrected chi connectivity index (χ3v) is 2.00. The molecule has 1 aromatic heterocycles. The largest absolute Gasteiger partial charge is 0.419 e. The maximum absolute atomic E-state index is 12.2. The molecule has 2 nitrogen and oxygen atoms in total. The van der Waals surface area contributed by atoms with Crippen LogP contribution < -0.4 is 5.73 Å². The minimum Gasteiger partial charge on any atom is -0.396 e. The number of rotatable bonds is 1. The van der Waals surface area contributed by atoms with E-state index in [2.05, 4.69) is 4.98 Å². The molecule has 0 unspecified atom stereocenters. The highest BCUT2D eigenvalue weighted by Crippen LogP contribution is 2.39. The molecule has 1 heterocycles. The molecule has 0 saturated heterocycles. The Morgan fingerprint density at radius 2 is 1.87 bits per heavy atom. The fourth-order valence-corrected chi connectivity index (χ4v) is 1.14. The van der Waals surface area contributed by atoms with E-state index in [0.717, 1.165) is 0 Å². The topological polar surface area (TPSA) is 38.9 Å². The summed E-state index contributed by atoms with van der Waals surface area (Å²) in [6.07, 6.45) is -7.59. The van der Waals surface area contributed by atoms with E-state index in [1.165, 1.54) is 0 Å². The second-order valence-corrected chi connectivity index (χ2v) is 2.96. The van der Waals surface area contributed by atoms with E-state index in [1.54, 1.807) is 0 Å². The molecule has 0 aliphatic carbocycles. The quantitative estimate of drug-likeness (QED) is 0.773. The van der Waals surface area contributed by atoms with E-state index >= 15 is 0 Å². The Morgan fingerprint density at radius 1 is 1.33 bits per heavy atom. The molecular formula is C7H4ClF5N2. The maximum atomic E-state index is 12.2. The van der Waals surface area contributed by atoms with Crippen LogP contribution in [0, 0.1) is 0 Å². The van der Waals surface area contributed by atoms with Crippen LogP contribution in [0.3, 0.4) is 0 Å². The Bertz CT molecular complexity index is 376. The molecule has 0 radical (unpaired) electrons. The number of hydrogen-bond acceptors (Lipinski definition) is 2. The van der Waals surface area contributed by atoms with Gasteiger partial charge in [0.15, 0.2) is 0 Å². The second-order valence-electron chi connectivity index (χ2n) is 2.58. The molecule has 0 atom stereocenters. The molecule has 0 bridgehead atoms. The van der Waals surface area contributed by atoms with Crippen molar-refractivity contribution in [2.45, 2.75) is 12.6 Å². The monoisotopic (exact) mass is 246 g/mol. The third kappa shape index (κ3) is 2.28. The van der Waals surface area contributed by atoms with E-state index in [4.69, 9.17) is 17.3 Å². The summed E-state index contributed by atoms with van der Waals surface area (Å²) in [6, 6.07) is 0. The minimum atomic E-state index is -4.77. The molecule has 2 N–H and O–H groups in total. The standard InChI is InChI=1S/C7H4ClF5N2/c8-3-2(7(11,12)13)1-15-5(4(3)14)6(9)10/h1,6H,14H2. The first-order valence-electron chi connectivity index (χ1n) is 3.54. The molecule has 15 heavy (non-hydrogen) atoms. The van der Waals surface area contributed by atoms with E-state index in [-0.39, 0.29) is 6.20 Å². The molecular weight excluding hydrogens is 243 g/mol. The molecule has 1 rings (SSSR count). The molecule has 0 amide bonds. The zero-order valence-electron chi connectivity index (χ0n) is 6.95. The van der Waals surface area contributed by atoms with Gasteiger partial charge in [0, 0.05) is 6.20 Å². The lowest BCUT2D eigenvalue weighted by Gasteiger charge is -2.12. The number of nitrogens with two attached hydrogens (primary N) is 1. The predicted octanol–water partition coefficient (Wildman–Crippen LogP) is 3.27. The summed E-state index contributed by atoms with van der Waals surface area (Å²) in [7, 11) is 0. The van der Waals surface area contributed by atoms with Crippen molar-refractivity contribution in [1.82, 2.24) is 4.98 Å². The minimum absolute atomic E-state index is 0.236. The smallest absolute Gasteiger partial charge is 0.396 e. The fraction of sp³-hybridized carbons (Fsp3) is 0.286. The average molecular weight is 247 g/mol. The lowest BCUT2D eigenvalue weighted by Crippen LogP contribution is -2.10. The van der Waals surface area contributed by atoms with Gasteiger partial charge in [-0.15, -0.1) is 0 Å². The molecule has 0 aliphatic heterocycles. The van der Waals surface area contributed by atoms with E-state index in [9.17, 15) is 22.0 Å². The van der Waals surface area contributed by atoms with Gasteiger partial charge in [0.2, 0.25) is 0 Å². The fourth-order valence-electron chi connectivity index (χ4n) is 0.889. The molecule has 0 aromatic carbocycles. The number of halogens is 6. The number of aromatic nitrogens is 1. The van der Waals surface area contributed by atoms with Crippen LogP contribution in [0.4, 0.5) is 27.6 Å². The Labute approximate surface area is 85.9 Å². The zero-order valence-corrected chi connectivity index (χ0v) is 7.70. The Morgan fingerprint density at radius 3 is 2.27 bits per heavy atom. The number of nitrogens with zero attached hydrogens (tertiary/aromatic N) is 1. The molecule has 0 aliphatic rings. The Kier molecular flexibility index (Phi) is 3.03. The van der Waals surface area contributed by atoms with Crippen molar-refractivity contribution in [3.63, 3.8) is 0 Å². The average Bonchev–Trinajstić information content (AvgIpc) is 2.06. The van der Waals surface area contributed by atoms with Crippen molar-refractivity contribution in [2.75, 3.05) is 5.73 Å². The SMILES string of the molecule is Nc1c(C(F)F)ncc(C(F)(F)F)c1Cl. The summed E-state index contributed by atoms with van der Waals surface area (Å²) >= 11 is 5.21. The lowest BCUT2D eigenvalue weighted by molar-refractivity contribution is -0.137. The van der Waals surface area contributed by atoms with Crippen molar-refractivity contribution >= 4 is 17.3 Å². The van der Waals surface area contributed by atoms with Crippen molar-refractivity contribution in [1.29, 1.82) is 0 Å². The summed E-state index contributed by atoms with van der Waals surface area (Å²) in [5, 5.41) is -0.951. The van der Waals surface area contributed by atoms with Gasteiger partial charge >= 0.3 is 6.18 Å². The summed E-state index contributed by atoms with van der Waals surface area (Å²) in [4.78, 5) is 2.93. The molecule has 84 valence electrons. The summed E-state index contributed by atoms with van der Waals surface area (Å²) in [5.74, 6) is 0. The number of alkyl halides is 5. The van der Waals surface area contributed by atoms with E-state index in [1.807, 2.05) is 0 Å². The van der Waals surface area contributed by atoms with Gasteiger partial charge in [0.25, 0.3) is 6.43 Å². The molecule has 1 aromatic rings. The highest BCUT2D eigenvalue weighted by atomic mass is 35.5. The van der Waals surface area contributed by atoms with Crippen molar-refractivity contribution in [3.8, 4) is 0 Å². The van der Waals surface area contributed by atoms with Gasteiger partial charge in [-0.05, 0) is 0 Å². The number of hydrogen-bond donors (Lipinski definition) is 1. The van der Waals surface area contributed by atoms with Crippen LogP contribution in [0.1, 0.15) is 17.7 Å². The van der Waals surface area contributed by atoms with Gasteiger partial charge in [0.1, 0.15) is 5.69 Å². The van der Waals surface area contributed by atoms with Crippen molar-refractivity contribution in [2.24, 2.45) is 0 Å². The van der Waals surface area contributed by atoms with E-state index < -0.39 is 34.6 Å². The van der Waals surface area contributed by atoms with Crippen LogP contribution in [-0.4, -0.2) is 4.98 Å². The first kappa shape index (κ1) is 12.0. The molecule has 0 saturated carbocycles. The number of anilines is 1. The highest BCUT2D eigenvalue weighted by Gasteiger charge is 2.35. The predicted molar refractivity (Wildman–Crippen MR) is 43.6 cm³/mol. The first-order chi connectivity index (χ1) is 6.75. The van der Waals surface area contributed by atoms with Crippen LogP contribution in [-0.2, 0) is 6.18 Å². The van der Waals surface area contributed by atoms with Gasteiger partial charge in [-0.1, -0.05) is 11.6 Å². The van der Waals surface area contributed by atoms with Crippen LogP contribution in [0.15, 0.2) is 6.20 Å². The lowest BCUT2D eigenvalue weighted by atomic mass is 10.2. The van der Waals surface area contributed by atoms with E-state index in [0.29, 0.717) is 0 Å². The number of pyridine rings is 1. The Balaban J connectivity index is 3.34. The number of nitrogen functional groups attached to an aromatic ring is 1. The highest BCUT2D eigenvalue weighted by molar-refractivity contribution is 6.34. The Hall–Kier alpha value is -1.11. The second kappa shape index (κ2) is 3.80. The van der Waals surface area contributed by atoms with Gasteiger partial charge in [-0.25, -0.2) is 8.78 Å². The zero-order chi connectivity index (χ0) is 11.8. The third-order valence-electron chi connectivity index (χ3n) is 1.59. The van der Waals surface area contributed by atoms with Crippen molar-refractivity contribution in [3.05, 3.63) is 22.5 Å². The summed E-state index contributed by atoms with van der Waals surface area (Å²) < 4.78 is 60.9. The summed E-state index contributed by atoms with van der Waals surface area (Å²) in [6.45, 7) is 0. The molecule has 8 heteroatoms. The van der Waals surface area contributed by atoms with Gasteiger partial charge in [-0.2, -0.15) is 13.2 Å². The summed E-state index contributed by atoms with van der Waals surface area (Å²) in [5.41, 5.74) is 1.88. The van der Waals surface area contributed by atoms with Crippen LogP contribution in [0.2, 0.25) is 5.02 Å². The van der Waals surface area contributed by atoms with Crippen LogP contribution in [0.25, 0.3) is 0 Å². The first-order valence-corrected chi connectivity index (χ1v) is 3.92. The maximum Gasteiger partial charge on any atom is 0.419 e. The molecule has 0 spiro atoms. The normalized spacial score (nSPS) is 12.2. The van der Waals surface area contributed by atoms with Crippen LogP contribution in [0.5, 0.6) is 0 Å². The van der Waals surface area contributed by atoms with Crippen molar-refractivity contribution < 1.29 is 22.0 Å². The van der Waals surface area contributed by atoms with Gasteiger partial charge in [0.05, 0.1) is 16.3 Å².